The standard InChI is InChI=1S/C25H26N4O5/c1-25-11-10-21(31)29(25)19-8-4-2-6-17(19)24(34)28(25)16-22(32)26-12-14-27(15-13-26)23(33)18-7-3-5-9-20(18)30/h2-9,30H,10-16H2,1H3. The first-order valence-electron chi connectivity index (χ1n) is 11.4. The van der Waals surface area contributed by atoms with Crippen molar-refractivity contribution in [2.24, 2.45) is 0 Å². The molecule has 0 bridgehead atoms. The van der Waals surface area contributed by atoms with Crippen LogP contribution in [0.3, 0.4) is 0 Å². The maximum Gasteiger partial charge on any atom is 0.258 e. The molecule has 2 saturated heterocycles. The third-order valence-electron chi connectivity index (χ3n) is 7.09. The molecule has 0 spiro atoms. The molecule has 176 valence electrons. The van der Waals surface area contributed by atoms with E-state index in [0.717, 1.165) is 0 Å². The molecule has 2 aromatic carbocycles. The van der Waals surface area contributed by atoms with Crippen LogP contribution in [-0.2, 0) is 9.59 Å². The van der Waals surface area contributed by atoms with Crippen LogP contribution in [0.2, 0.25) is 0 Å². The highest BCUT2D eigenvalue weighted by Gasteiger charge is 2.53. The second-order valence-corrected chi connectivity index (χ2v) is 9.04. The Kier molecular flexibility index (Phi) is 5.27. The molecule has 1 N–H and O–H groups in total. The van der Waals surface area contributed by atoms with Gasteiger partial charge >= 0.3 is 0 Å². The second-order valence-electron chi connectivity index (χ2n) is 9.04. The number of amides is 4. The lowest BCUT2D eigenvalue weighted by Gasteiger charge is -2.49. The Morgan fingerprint density at radius 2 is 1.59 bits per heavy atom. The predicted octanol–water partition coefficient (Wildman–Crippen LogP) is 1.68. The van der Waals surface area contributed by atoms with Crippen molar-refractivity contribution in [2.75, 3.05) is 37.6 Å². The Morgan fingerprint density at radius 3 is 2.32 bits per heavy atom. The van der Waals surface area contributed by atoms with Gasteiger partial charge in [-0.05, 0) is 37.6 Å². The predicted molar refractivity (Wildman–Crippen MR) is 123 cm³/mol. The lowest BCUT2D eigenvalue weighted by molar-refractivity contribution is -0.135. The van der Waals surface area contributed by atoms with E-state index in [1.807, 2.05) is 6.92 Å². The van der Waals surface area contributed by atoms with Crippen LogP contribution in [0.1, 0.15) is 40.5 Å². The summed E-state index contributed by atoms with van der Waals surface area (Å²) >= 11 is 0. The van der Waals surface area contributed by atoms with Gasteiger partial charge in [-0.25, -0.2) is 0 Å². The highest BCUT2D eigenvalue weighted by Crippen LogP contribution is 2.43. The van der Waals surface area contributed by atoms with Crippen LogP contribution in [-0.4, -0.2) is 81.8 Å². The van der Waals surface area contributed by atoms with Crippen molar-refractivity contribution in [3.63, 3.8) is 0 Å². The van der Waals surface area contributed by atoms with Crippen molar-refractivity contribution < 1.29 is 24.3 Å². The van der Waals surface area contributed by atoms with E-state index < -0.39 is 5.66 Å². The topological polar surface area (TPSA) is 101 Å². The van der Waals surface area contributed by atoms with Gasteiger partial charge in [0.2, 0.25) is 11.8 Å². The number of carbonyl (C=O) groups excluding carboxylic acids is 4. The first-order chi connectivity index (χ1) is 16.3. The third-order valence-corrected chi connectivity index (χ3v) is 7.09. The number of anilines is 1. The second kappa shape index (κ2) is 8.16. The number of para-hydroxylation sites is 2. The summed E-state index contributed by atoms with van der Waals surface area (Å²) < 4.78 is 0. The van der Waals surface area contributed by atoms with Crippen molar-refractivity contribution in [3.8, 4) is 5.75 Å². The molecule has 0 aliphatic carbocycles. The Hall–Kier alpha value is -3.88. The minimum Gasteiger partial charge on any atom is -0.507 e. The Balaban J connectivity index is 1.30. The van der Waals surface area contributed by atoms with Gasteiger partial charge in [0.15, 0.2) is 0 Å². The molecule has 9 heteroatoms. The molecule has 3 aliphatic rings. The Morgan fingerprint density at radius 1 is 0.941 bits per heavy atom. The fourth-order valence-corrected chi connectivity index (χ4v) is 5.16. The molecule has 1 atom stereocenters. The van der Waals surface area contributed by atoms with Gasteiger partial charge < -0.3 is 19.8 Å². The summed E-state index contributed by atoms with van der Waals surface area (Å²) in [5.74, 6) is -0.885. The van der Waals surface area contributed by atoms with Gasteiger partial charge in [-0.2, -0.15) is 0 Å². The van der Waals surface area contributed by atoms with Crippen LogP contribution in [0.15, 0.2) is 48.5 Å². The van der Waals surface area contributed by atoms with E-state index in [0.29, 0.717) is 50.3 Å². The molecule has 0 radical (unpaired) electrons. The van der Waals surface area contributed by atoms with Gasteiger partial charge in [-0.3, -0.25) is 24.1 Å². The van der Waals surface area contributed by atoms with Crippen LogP contribution in [0.5, 0.6) is 5.75 Å². The fourth-order valence-electron chi connectivity index (χ4n) is 5.16. The smallest absolute Gasteiger partial charge is 0.258 e. The summed E-state index contributed by atoms with van der Waals surface area (Å²) in [5.41, 5.74) is 0.359. The van der Waals surface area contributed by atoms with E-state index in [-0.39, 0.29) is 41.5 Å². The zero-order valence-electron chi connectivity index (χ0n) is 18.9. The van der Waals surface area contributed by atoms with Crippen molar-refractivity contribution in [1.29, 1.82) is 0 Å². The molecular formula is C25H26N4O5. The quantitative estimate of drug-likeness (QED) is 0.748. The highest BCUT2D eigenvalue weighted by atomic mass is 16.3. The average Bonchev–Trinajstić information content (AvgIpc) is 3.16. The van der Waals surface area contributed by atoms with Crippen LogP contribution < -0.4 is 4.90 Å². The number of hydrogen-bond donors (Lipinski definition) is 1. The number of piperazine rings is 1. The normalized spacial score (nSPS) is 22.0. The summed E-state index contributed by atoms with van der Waals surface area (Å²) in [6.45, 7) is 3.02. The molecule has 9 nitrogen and oxygen atoms in total. The van der Waals surface area contributed by atoms with Crippen LogP contribution in [0.4, 0.5) is 5.69 Å². The molecule has 2 fully saturated rings. The van der Waals surface area contributed by atoms with Crippen molar-refractivity contribution in [3.05, 3.63) is 59.7 Å². The number of nitrogens with zero attached hydrogens (tertiary/aromatic N) is 4. The van der Waals surface area contributed by atoms with E-state index in [1.165, 1.54) is 11.0 Å². The van der Waals surface area contributed by atoms with Crippen molar-refractivity contribution in [1.82, 2.24) is 14.7 Å². The van der Waals surface area contributed by atoms with Crippen LogP contribution in [0, 0.1) is 0 Å². The van der Waals surface area contributed by atoms with E-state index in [1.54, 1.807) is 57.2 Å². The monoisotopic (exact) mass is 462 g/mol. The molecule has 5 rings (SSSR count). The van der Waals surface area contributed by atoms with E-state index >= 15 is 0 Å². The van der Waals surface area contributed by atoms with Gasteiger partial charge in [0.1, 0.15) is 18.0 Å². The van der Waals surface area contributed by atoms with Crippen molar-refractivity contribution in [2.45, 2.75) is 25.4 Å². The molecule has 0 aromatic heterocycles. The molecular weight excluding hydrogens is 436 g/mol. The van der Waals surface area contributed by atoms with E-state index in [4.69, 9.17) is 0 Å². The Labute approximate surface area is 197 Å². The molecule has 0 saturated carbocycles. The van der Waals surface area contributed by atoms with Gasteiger partial charge in [0.05, 0.1) is 16.8 Å². The molecule has 2 aromatic rings. The zero-order chi connectivity index (χ0) is 24.0. The number of benzene rings is 2. The SMILES string of the molecule is CC12CCC(=O)N1c1ccccc1C(=O)N2CC(=O)N1CCN(C(=O)c2ccccc2O)CC1. The summed E-state index contributed by atoms with van der Waals surface area (Å²) in [6, 6.07) is 13.4. The summed E-state index contributed by atoms with van der Waals surface area (Å²) in [7, 11) is 0. The maximum atomic E-state index is 13.4. The van der Waals surface area contributed by atoms with E-state index in [2.05, 4.69) is 0 Å². The Bertz CT molecular complexity index is 1190. The summed E-state index contributed by atoms with van der Waals surface area (Å²) in [4.78, 5) is 58.4. The first-order valence-corrected chi connectivity index (χ1v) is 11.4. The average molecular weight is 463 g/mol. The fraction of sp³-hybridized carbons (Fsp3) is 0.360. The number of carbonyl (C=O) groups is 4. The minimum absolute atomic E-state index is 0.0591. The van der Waals surface area contributed by atoms with Gasteiger partial charge in [-0.1, -0.05) is 24.3 Å². The number of aromatic hydroxyl groups is 1. The number of rotatable bonds is 3. The lowest BCUT2D eigenvalue weighted by atomic mass is 9.98. The first kappa shape index (κ1) is 21.9. The molecule has 3 aliphatic heterocycles. The summed E-state index contributed by atoms with van der Waals surface area (Å²) in [5, 5.41) is 9.97. The van der Waals surface area contributed by atoms with Gasteiger partial charge in [0.25, 0.3) is 11.8 Å². The zero-order valence-corrected chi connectivity index (χ0v) is 18.9. The summed E-state index contributed by atoms with van der Waals surface area (Å²) in [6.07, 6.45) is 0.776. The maximum absolute atomic E-state index is 13.4. The minimum atomic E-state index is -0.888. The van der Waals surface area contributed by atoms with Crippen LogP contribution >= 0.6 is 0 Å². The highest BCUT2D eigenvalue weighted by molar-refractivity contribution is 6.11. The molecule has 1 unspecified atom stereocenters. The van der Waals surface area contributed by atoms with Crippen LogP contribution in [0.25, 0.3) is 0 Å². The number of fused-ring (bicyclic) bond motifs is 3. The number of phenolic OH excluding ortho intramolecular Hbond substituents is 1. The molecule has 3 heterocycles. The lowest BCUT2D eigenvalue weighted by Crippen LogP contribution is -2.64. The molecule has 34 heavy (non-hydrogen) atoms. The van der Waals surface area contributed by atoms with Gasteiger partial charge in [0, 0.05) is 32.6 Å². The third kappa shape index (κ3) is 3.39. The van der Waals surface area contributed by atoms with Crippen molar-refractivity contribution >= 4 is 29.3 Å². The number of phenols is 1. The largest absolute Gasteiger partial charge is 0.507 e. The molecule has 4 amide bonds. The van der Waals surface area contributed by atoms with Gasteiger partial charge in [-0.15, -0.1) is 0 Å². The number of hydrogen-bond acceptors (Lipinski definition) is 5. The van der Waals surface area contributed by atoms with E-state index in [9.17, 15) is 24.3 Å².